The Morgan fingerprint density at radius 3 is 2.42 bits per heavy atom. The molecule has 0 amide bonds. The Labute approximate surface area is 106 Å². The molecule has 0 aliphatic heterocycles. The molecule has 0 bridgehead atoms. The molecule has 4 nitrogen and oxygen atoms in total. The molecule has 0 saturated carbocycles. The van der Waals surface area contributed by atoms with Crippen molar-refractivity contribution in [1.82, 2.24) is 0 Å². The molecule has 2 rings (SSSR count). The summed E-state index contributed by atoms with van der Waals surface area (Å²) in [5.74, 6) is -1.52. The number of nitrogens with zero attached hydrogens (tertiary/aromatic N) is 1. The first-order chi connectivity index (χ1) is 9.02. The van der Waals surface area contributed by atoms with Gasteiger partial charge in [0.1, 0.15) is 11.6 Å². The van der Waals surface area contributed by atoms with Gasteiger partial charge < -0.3 is 0 Å². The van der Waals surface area contributed by atoms with Crippen LogP contribution in [0.1, 0.15) is 10.4 Å². The van der Waals surface area contributed by atoms with Gasteiger partial charge in [0, 0.05) is 17.7 Å². The summed E-state index contributed by atoms with van der Waals surface area (Å²) in [5.41, 5.74) is -0.183. The number of nitro groups is 1. The van der Waals surface area contributed by atoms with Crippen molar-refractivity contribution in [3.63, 3.8) is 0 Å². The van der Waals surface area contributed by atoms with Crippen LogP contribution < -0.4 is 0 Å². The van der Waals surface area contributed by atoms with E-state index in [9.17, 15) is 23.7 Å². The Morgan fingerprint density at radius 1 is 1.11 bits per heavy atom. The smallest absolute Gasteiger partial charge is 0.279 e. The molecule has 96 valence electrons. The van der Waals surface area contributed by atoms with Gasteiger partial charge >= 0.3 is 0 Å². The fraction of sp³-hybridized carbons (Fsp3) is 0. The van der Waals surface area contributed by atoms with E-state index in [1.807, 2.05) is 0 Å². The monoisotopic (exact) mass is 263 g/mol. The number of carbonyl (C=O) groups excluding carboxylic acids is 1. The van der Waals surface area contributed by atoms with Crippen LogP contribution in [-0.2, 0) is 0 Å². The first kappa shape index (κ1) is 12.8. The quantitative estimate of drug-likeness (QED) is 0.484. The zero-order valence-electron chi connectivity index (χ0n) is 9.47. The van der Waals surface area contributed by atoms with Gasteiger partial charge in [0.25, 0.3) is 5.69 Å². The van der Waals surface area contributed by atoms with Gasteiger partial charge in [-0.3, -0.25) is 14.9 Å². The van der Waals surface area contributed by atoms with Gasteiger partial charge in [-0.2, -0.15) is 0 Å². The van der Waals surface area contributed by atoms with E-state index in [0.29, 0.717) is 12.4 Å². The molecule has 6 heteroatoms. The predicted molar refractivity (Wildman–Crippen MR) is 63.8 cm³/mol. The summed E-state index contributed by atoms with van der Waals surface area (Å²) in [6.45, 7) is 0. The standard InChI is InChI=1S/C13H7F2NO3/c14-10-2-3-11(12(15)6-10)8-1-4-13(16(18)19)9(5-8)7-17/h1-7H. The third-order valence-corrected chi connectivity index (χ3v) is 2.59. The number of rotatable bonds is 3. The van der Waals surface area contributed by atoms with Crippen LogP contribution in [-0.4, -0.2) is 11.2 Å². The van der Waals surface area contributed by atoms with Crippen LogP contribution in [0.2, 0.25) is 0 Å². The summed E-state index contributed by atoms with van der Waals surface area (Å²) < 4.78 is 26.4. The van der Waals surface area contributed by atoms with E-state index < -0.39 is 16.6 Å². The maximum Gasteiger partial charge on any atom is 0.279 e. The highest BCUT2D eigenvalue weighted by atomic mass is 19.1. The fourth-order valence-electron chi connectivity index (χ4n) is 1.71. The number of hydrogen-bond donors (Lipinski definition) is 0. The van der Waals surface area contributed by atoms with Gasteiger partial charge in [-0.15, -0.1) is 0 Å². The van der Waals surface area contributed by atoms with Crippen molar-refractivity contribution in [2.75, 3.05) is 0 Å². The van der Waals surface area contributed by atoms with Crippen molar-refractivity contribution in [1.29, 1.82) is 0 Å². The molecule has 0 heterocycles. The Kier molecular flexibility index (Phi) is 3.33. The van der Waals surface area contributed by atoms with E-state index in [1.54, 1.807) is 0 Å². The molecule has 0 spiro atoms. The molecular formula is C13H7F2NO3. The molecule has 0 radical (unpaired) electrons. The predicted octanol–water partition coefficient (Wildman–Crippen LogP) is 3.35. The van der Waals surface area contributed by atoms with Crippen molar-refractivity contribution in [2.24, 2.45) is 0 Å². The first-order valence-electron chi connectivity index (χ1n) is 5.22. The molecule has 0 aliphatic carbocycles. The fourth-order valence-corrected chi connectivity index (χ4v) is 1.71. The third kappa shape index (κ3) is 2.47. The highest BCUT2D eigenvalue weighted by Gasteiger charge is 2.15. The summed E-state index contributed by atoms with van der Waals surface area (Å²) >= 11 is 0. The summed E-state index contributed by atoms with van der Waals surface area (Å²) in [6, 6.07) is 6.60. The minimum Gasteiger partial charge on any atom is -0.298 e. The van der Waals surface area contributed by atoms with Crippen molar-refractivity contribution >= 4 is 12.0 Å². The van der Waals surface area contributed by atoms with E-state index in [2.05, 4.69) is 0 Å². The Balaban J connectivity index is 2.57. The number of nitro benzene ring substituents is 1. The van der Waals surface area contributed by atoms with Gasteiger partial charge in [0.15, 0.2) is 6.29 Å². The molecule has 0 fully saturated rings. The van der Waals surface area contributed by atoms with Gasteiger partial charge in [-0.25, -0.2) is 8.78 Å². The van der Waals surface area contributed by atoms with E-state index in [1.165, 1.54) is 18.2 Å². The maximum atomic E-state index is 13.6. The zero-order chi connectivity index (χ0) is 14.0. The molecule has 2 aromatic carbocycles. The SMILES string of the molecule is O=Cc1cc(-c2ccc(F)cc2F)ccc1[N+](=O)[O-]. The molecule has 0 aliphatic rings. The molecule has 0 unspecified atom stereocenters. The molecule has 0 N–H and O–H groups in total. The lowest BCUT2D eigenvalue weighted by Crippen LogP contribution is -1.95. The average Bonchev–Trinajstić information content (AvgIpc) is 2.37. The highest BCUT2D eigenvalue weighted by Crippen LogP contribution is 2.27. The van der Waals surface area contributed by atoms with E-state index >= 15 is 0 Å². The van der Waals surface area contributed by atoms with E-state index in [0.717, 1.165) is 12.1 Å². The molecule has 0 atom stereocenters. The van der Waals surface area contributed by atoms with Crippen LogP contribution in [0.25, 0.3) is 11.1 Å². The zero-order valence-corrected chi connectivity index (χ0v) is 9.47. The summed E-state index contributed by atoms with van der Waals surface area (Å²) in [6.07, 6.45) is 0.322. The van der Waals surface area contributed by atoms with Crippen molar-refractivity contribution in [2.45, 2.75) is 0 Å². The van der Waals surface area contributed by atoms with Crippen LogP contribution in [0.5, 0.6) is 0 Å². The molecule has 0 aromatic heterocycles. The Bertz CT molecular complexity index is 671. The van der Waals surface area contributed by atoms with Gasteiger partial charge in [-0.1, -0.05) is 0 Å². The Morgan fingerprint density at radius 2 is 1.84 bits per heavy atom. The van der Waals surface area contributed by atoms with E-state index in [4.69, 9.17) is 0 Å². The minimum atomic E-state index is -0.800. The van der Waals surface area contributed by atoms with Crippen LogP contribution in [0.15, 0.2) is 36.4 Å². The first-order valence-corrected chi connectivity index (χ1v) is 5.22. The lowest BCUT2D eigenvalue weighted by molar-refractivity contribution is -0.385. The summed E-state index contributed by atoms with van der Waals surface area (Å²) in [5, 5.41) is 10.7. The summed E-state index contributed by atoms with van der Waals surface area (Å²) in [4.78, 5) is 20.8. The third-order valence-electron chi connectivity index (χ3n) is 2.59. The number of benzene rings is 2. The lowest BCUT2D eigenvalue weighted by Gasteiger charge is -2.04. The molecule has 2 aromatic rings. The Hall–Kier alpha value is -2.63. The van der Waals surface area contributed by atoms with Crippen LogP contribution >= 0.6 is 0 Å². The summed E-state index contributed by atoms with van der Waals surface area (Å²) in [7, 11) is 0. The second-order valence-electron chi connectivity index (χ2n) is 3.77. The van der Waals surface area contributed by atoms with Crippen LogP contribution in [0, 0.1) is 21.7 Å². The normalized spacial score (nSPS) is 10.2. The van der Waals surface area contributed by atoms with Crippen molar-refractivity contribution < 1.29 is 18.5 Å². The molecule has 19 heavy (non-hydrogen) atoms. The number of aldehydes is 1. The number of carbonyl (C=O) groups is 1. The minimum absolute atomic E-state index is 0.0689. The average molecular weight is 263 g/mol. The van der Waals surface area contributed by atoms with Crippen molar-refractivity contribution in [3.8, 4) is 11.1 Å². The van der Waals surface area contributed by atoms with E-state index in [-0.39, 0.29) is 22.4 Å². The maximum absolute atomic E-state index is 13.6. The number of hydrogen-bond acceptors (Lipinski definition) is 3. The molecular weight excluding hydrogens is 256 g/mol. The molecule has 0 saturated heterocycles. The van der Waals surface area contributed by atoms with Crippen LogP contribution in [0.3, 0.4) is 0 Å². The van der Waals surface area contributed by atoms with Crippen molar-refractivity contribution in [3.05, 3.63) is 63.7 Å². The van der Waals surface area contributed by atoms with Crippen LogP contribution in [0.4, 0.5) is 14.5 Å². The lowest BCUT2D eigenvalue weighted by atomic mass is 10.0. The second kappa shape index (κ2) is 4.93. The number of halogens is 2. The van der Waals surface area contributed by atoms with Gasteiger partial charge in [-0.05, 0) is 29.8 Å². The topological polar surface area (TPSA) is 60.2 Å². The second-order valence-corrected chi connectivity index (χ2v) is 3.77. The largest absolute Gasteiger partial charge is 0.298 e. The van der Waals surface area contributed by atoms with Gasteiger partial charge in [0.05, 0.1) is 10.5 Å². The van der Waals surface area contributed by atoms with Gasteiger partial charge in [0.2, 0.25) is 0 Å². The highest BCUT2D eigenvalue weighted by molar-refractivity contribution is 5.84.